The molecule has 6 nitrogen and oxygen atoms in total. The predicted molar refractivity (Wildman–Crippen MR) is 134 cm³/mol. The number of methoxy groups -OCH3 is 1. The standard InChI is InChI=1S/C28H31N3O3/c1-30-20-25(18-29-30)23-14-11-22(12-15-23)19-31(28(33)24-8-4-3-5-9-24)26-10-6-7-21(17-26)13-16-27(32)34-2/h6-7,10-18,20,24H,3-5,8-9,19H2,1-2H3/b16-13+. The molecule has 176 valence electrons. The summed E-state index contributed by atoms with van der Waals surface area (Å²) in [7, 11) is 3.26. The summed E-state index contributed by atoms with van der Waals surface area (Å²) < 4.78 is 6.48. The zero-order valence-electron chi connectivity index (χ0n) is 19.8. The molecule has 4 rings (SSSR count). The third kappa shape index (κ3) is 5.81. The minimum atomic E-state index is -0.408. The van der Waals surface area contributed by atoms with Crippen LogP contribution in [-0.4, -0.2) is 28.8 Å². The van der Waals surface area contributed by atoms with Crippen LogP contribution in [0.5, 0.6) is 0 Å². The van der Waals surface area contributed by atoms with Crippen molar-refractivity contribution >= 4 is 23.6 Å². The zero-order valence-corrected chi connectivity index (χ0v) is 19.8. The number of carbonyl (C=O) groups excluding carboxylic acids is 2. The second kappa shape index (κ2) is 11.0. The molecule has 6 heteroatoms. The minimum Gasteiger partial charge on any atom is -0.466 e. The summed E-state index contributed by atoms with van der Waals surface area (Å²) in [5.74, 6) is -0.183. The van der Waals surface area contributed by atoms with Crippen LogP contribution < -0.4 is 4.90 Å². The Hall–Kier alpha value is -3.67. The van der Waals surface area contributed by atoms with Crippen molar-refractivity contribution in [2.75, 3.05) is 12.0 Å². The van der Waals surface area contributed by atoms with Gasteiger partial charge in [-0.15, -0.1) is 0 Å². The number of anilines is 1. The van der Waals surface area contributed by atoms with E-state index < -0.39 is 5.97 Å². The van der Waals surface area contributed by atoms with E-state index in [4.69, 9.17) is 4.74 Å². The SMILES string of the molecule is COC(=O)/C=C/c1cccc(N(Cc2ccc(-c3cnn(C)c3)cc2)C(=O)C2CCCCC2)c1. The Morgan fingerprint density at radius 3 is 2.53 bits per heavy atom. The van der Waals surface area contributed by atoms with Gasteiger partial charge in [0, 0.05) is 36.5 Å². The molecular weight excluding hydrogens is 426 g/mol. The molecule has 1 heterocycles. The van der Waals surface area contributed by atoms with Gasteiger partial charge >= 0.3 is 5.97 Å². The van der Waals surface area contributed by atoms with Crippen LogP contribution in [0, 0.1) is 5.92 Å². The van der Waals surface area contributed by atoms with Crippen LogP contribution in [0.15, 0.2) is 67.0 Å². The molecule has 1 amide bonds. The van der Waals surface area contributed by atoms with Crippen LogP contribution in [0.2, 0.25) is 0 Å². The summed E-state index contributed by atoms with van der Waals surface area (Å²) in [6.07, 6.45) is 12.2. The molecule has 0 bridgehead atoms. The molecule has 34 heavy (non-hydrogen) atoms. The molecule has 0 unspecified atom stereocenters. The number of hydrogen-bond donors (Lipinski definition) is 0. The normalized spacial score (nSPS) is 14.3. The highest BCUT2D eigenvalue weighted by molar-refractivity contribution is 5.95. The third-order valence-electron chi connectivity index (χ3n) is 6.35. The van der Waals surface area contributed by atoms with E-state index in [1.165, 1.54) is 19.6 Å². The van der Waals surface area contributed by atoms with Crippen LogP contribution in [0.4, 0.5) is 5.69 Å². The van der Waals surface area contributed by atoms with E-state index in [2.05, 4.69) is 29.4 Å². The Morgan fingerprint density at radius 2 is 1.85 bits per heavy atom. The molecule has 1 aliphatic rings. The van der Waals surface area contributed by atoms with E-state index in [0.29, 0.717) is 6.54 Å². The quantitative estimate of drug-likeness (QED) is 0.353. The Labute approximate surface area is 200 Å². The van der Waals surface area contributed by atoms with Crippen LogP contribution in [0.1, 0.15) is 43.2 Å². The highest BCUT2D eigenvalue weighted by atomic mass is 16.5. The van der Waals surface area contributed by atoms with Gasteiger partial charge < -0.3 is 9.64 Å². The largest absolute Gasteiger partial charge is 0.466 e. The summed E-state index contributed by atoms with van der Waals surface area (Å²) in [5, 5.41) is 4.25. The first-order valence-corrected chi connectivity index (χ1v) is 11.8. The second-order valence-corrected chi connectivity index (χ2v) is 8.81. The number of nitrogens with zero attached hydrogens (tertiary/aromatic N) is 3. The van der Waals surface area contributed by atoms with Crippen molar-refractivity contribution in [3.8, 4) is 11.1 Å². The Bertz CT molecular complexity index is 1160. The van der Waals surface area contributed by atoms with Gasteiger partial charge in [0.15, 0.2) is 0 Å². The van der Waals surface area contributed by atoms with Crippen molar-refractivity contribution in [1.29, 1.82) is 0 Å². The van der Waals surface area contributed by atoms with E-state index in [-0.39, 0.29) is 11.8 Å². The molecule has 1 aliphatic carbocycles. The van der Waals surface area contributed by atoms with Gasteiger partial charge in [0.05, 0.1) is 19.9 Å². The van der Waals surface area contributed by atoms with Gasteiger partial charge in [-0.2, -0.15) is 5.10 Å². The van der Waals surface area contributed by atoms with E-state index >= 15 is 0 Å². The van der Waals surface area contributed by atoms with Crippen LogP contribution >= 0.6 is 0 Å². The Balaban J connectivity index is 1.60. The topological polar surface area (TPSA) is 64.4 Å². The molecule has 0 atom stereocenters. The average molecular weight is 458 g/mol. The van der Waals surface area contributed by atoms with Gasteiger partial charge in [0.25, 0.3) is 0 Å². The Morgan fingerprint density at radius 1 is 1.09 bits per heavy atom. The molecule has 0 saturated heterocycles. The van der Waals surface area contributed by atoms with Crippen molar-refractivity contribution in [3.63, 3.8) is 0 Å². The van der Waals surface area contributed by atoms with Crippen molar-refractivity contribution < 1.29 is 14.3 Å². The summed E-state index contributed by atoms with van der Waals surface area (Å²) in [6, 6.07) is 16.0. The lowest BCUT2D eigenvalue weighted by Gasteiger charge is -2.30. The summed E-state index contributed by atoms with van der Waals surface area (Å²) >= 11 is 0. The second-order valence-electron chi connectivity index (χ2n) is 8.81. The number of ether oxygens (including phenoxy) is 1. The molecule has 1 saturated carbocycles. The lowest BCUT2D eigenvalue weighted by atomic mass is 9.88. The molecule has 2 aromatic carbocycles. The molecule has 3 aromatic rings. The van der Waals surface area contributed by atoms with Crippen molar-refractivity contribution in [2.24, 2.45) is 13.0 Å². The highest BCUT2D eigenvalue weighted by Gasteiger charge is 2.27. The Kier molecular flexibility index (Phi) is 7.58. The summed E-state index contributed by atoms with van der Waals surface area (Å²) in [4.78, 5) is 27.0. The predicted octanol–water partition coefficient (Wildman–Crippen LogP) is 5.39. The summed E-state index contributed by atoms with van der Waals surface area (Å²) in [6.45, 7) is 0.493. The van der Waals surface area contributed by atoms with Gasteiger partial charge in [-0.3, -0.25) is 9.48 Å². The first-order chi connectivity index (χ1) is 16.5. The van der Waals surface area contributed by atoms with E-state index in [9.17, 15) is 9.59 Å². The number of hydrogen-bond acceptors (Lipinski definition) is 4. The van der Waals surface area contributed by atoms with Crippen LogP contribution in [0.3, 0.4) is 0 Å². The smallest absolute Gasteiger partial charge is 0.330 e. The van der Waals surface area contributed by atoms with E-state index in [1.54, 1.807) is 10.8 Å². The maximum atomic E-state index is 13.6. The van der Waals surface area contributed by atoms with Crippen LogP contribution in [-0.2, 0) is 27.9 Å². The van der Waals surface area contributed by atoms with Crippen molar-refractivity contribution in [2.45, 2.75) is 38.6 Å². The number of aromatic nitrogens is 2. The van der Waals surface area contributed by atoms with Gasteiger partial charge in [0.1, 0.15) is 0 Å². The number of benzene rings is 2. The third-order valence-corrected chi connectivity index (χ3v) is 6.35. The van der Waals surface area contributed by atoms with Gasteiger partial charge in [-0.1, -0.05) is 55.7 Å². The van der Waals surface area contributed by atoms with Gasteiger partial charge in [0.2, 0.25) is 5.91 Å². The van der Waals surface area contributed by atoms with Crippen molar-refractivity contribution in [1.82, 2.24) is 9.78 Å². The van der Waals surface area contributed by atoms with E-state index in [1.807, 2.05) is 48.6 Å². The number of amides is 1. The molecule has 1 fully saturated rings. The number of esters is 1. The first kappa shape index (κ1) is 23.5. The number of aryl methyl sites for hydroxylation is 1. The fourth-order valence-corrected chi connectivity index (χ4v) is 4.45. The van der Waals surface area contributed by atoms with Crippen molar-refractivity contribution in [3.05, 3.63) is 78.1 Å². The highest BCUT2D eigenvalue weighted by Crippen LogP contribution is 2.30. The fourth-order valence-electron chi connectivity index (χ4n) is 4.45. The van der Waals surface area contributed by atoms with Gasteiger partial charge in [-0.05, 0) is 47.7 Å². The molecular formula is C28H31N3O3. The van der Waals surface area contributed by atoms with Gasteiger partial charge in [-0.25, -0.2) is 4.79 Å². The lowest BCUT2D eigenvalue weighted by Crippen LogP contribution is -2.36. The average Bonchev–Trinajstić information content (AvgIpc) is 3.32. The maximum Gasteiger partial charge on any atom is 0.330 e. The van der Waals surface area contributed by atoms with E-state index in [0.717, 1.165) is 53.6 Å². The number of carbonyl (C=O) groups is 2. The number of rotatable bonds is 7. The molecule has 0 spiro atoms. The summed E-state index contributed by atoms with van der Waals surface area (Å²) in [5.41, 5.74) is 4.90. The molecule has 0 N–H and O–H groups in total. The zero-order chi connectivity index (χ0) is 23.9. The molecule has 1 aromatic heterocycles. The monoisotopic (exact) mass is 457 g/mol. The molecule has 0 radical (unpaired) electrons. The maximum absolute atomic E-state index is 13.6. The lowest BCUT2D eigenvalue weighted by molar-refractivity contribution is -0.134. The van der Waals surface area contributed by atoms with Crippen LogP contribution in [0.25, 0.3) is 17.2 Å². The molecule has 0 aliphatic heterocycles. The fraction of sp³-hybridized carbons (Fsp3) is 0.321. The first-order valence-electron chi connectivity index (χ1n) is 11.8. The minimum absolute atomic E-state index is 0.0534.